The summed E-state index contributed by atoms with van der Waals surface area (Å²) in [5.41, 5.74) is 4.59. The summed E-state index contributed by atoms with van der Waals surface area (Å²) in [5, 5.41) is 3.98. The van der Waals surface area contributed by atoms with Crippen molar-refractivity contribution >= 4 is 17.4 Å². The average Bonchev–Trinajstić information content (AvgIpc) is 3.18. The van der Waals surface area contributed by atoms with Crippen LogP contribution in [0.5, 0.6) is 0 Å². The molecule has 30 heavy (non-hydrogen) atoms. The molecule has 2 N–H and O–H groups in total. The van der Waals surface area contributed by atoms with Crippen molar-refractivity contribution in [2.45, 2.75) is 26.7 Å². The van der Waals surface area contributed by atoms with Crippen LogP contribution >= 0.6 is 11.6 Å². The SMILES string of the molecule is Cc1ccc(-c2nc(CCCNc3ccccn3)ncc2-c2ncc(C)[nH]2)c(Cl)c1. The normalized spacial score (nSPS) is 10.9. The minimum Gasteiger partial charge on any atom is -0.370 e. The molecular formula is C23H23ClN6. The topological polar surface area (TPSA) is 79.4 Å². The fraction of sp³-hybridized carbons (Fsp3) is 0.217. The molecule has 0 aliphatic carbocycles. The Hall–Kier alpha value is -3.25. The van der Waals surface area contributed by atoms with Crippen LogP contribution in [0.3, 0.4) is 0 Å². The number of anilines is 1. The molecule has 0 atom stereocenters. The average molecular weight is 419 g/mol. The number of pyridine rings is 1. The van der Waals surface area contributed by atoms with Crippen LogP contribution < -0.4 is 5.32 Å². The summed E-state index contributed by atoms with van der Waals surface area (Å²) in [7, 11) is 0. The molecule has 0 unspecified atom stereocenters. The number of nitrogens with zero attached hydrogens (tertiary/aromatic N) is 4. The van der Waals surface area contributed by atoms with Gasteiger partial charge in [-0.3, -0.25) is 0 Å². The van der Waals surface area contributed by atoms with Gasteiger partial charge in [-0.1, -0.05) is 29.8 Å². The highest BCUT2D eigenvalue weighted by Gasteiger charge is 2.16. The number of aryl methyl sites for hydroxylation is 3. The van der Waals surface area contributed by atoms with Crippen LogP contribution in [0.25, 0.3) is 22.6 Å². The Morgan fingerprint density at radius 3 is 2.63 bits per heavy atom. The van der Waals surface area contributed by atoms with E-state index in [0.717, 1.165) is 64.9 Å². The molecule has 4 aromatic rings. The van der Waals surface area contributed by atoms with Crippen molar-refractivity contribution in [1.29, 1.82) is 0 Å². The second-order valence-electron chi connectivity index (χ2n) is 7.19. The first kappa shape index (κ1) is 20.0. The van der Waals surface area contributed by atoms with Crippen LogP contribution in [0.1, 0.15) is 23.5 Å². The highest BCUT2D eigenvalue weighted by Crippen LogP contribution is 2.33. The van der Waals surface area contributed by atoms with Crippen molar-refractivity contribution in [2.24, 2.45) is 0 Å². The number of H-pyrrole nitrogens is 1. The lowest BCUT2D eigenvalue weighted by Gasteiger charge is -2.11. The van der Waals surface area contributed by atoms with Crippen molar-refractivity contribution in [3.8, 4) is 22.6 Å². The van der Waals surface area contributed by atoms with Gasteiger partial charge in [0.05, 0.1) is 16.3 Å². The maximum Gasteiger partial charge on any atom is 0.141 e. The van der Waals surface area contributed by atoms with Gasteiger partial charge in [-0.05, 0) is 44.0 Å². The van der Waals surface area contributed by atoms with E-state index in [1.165, 1.54) is 0 Å². The number of halogens is 1. The molecule has 0 fully saturated rings. The zero-order chi connectivity index (χ0) is 20.9. The van der Waals surface area contributed by atoms with Crippen molar-refractivity contribution in [3.63, 3.8) is 0 Å². The number of rotatable bonds is 7. The first-order valence-electron chi connectivity index (χ1n) is 9.89. The molecule has 0 radical (unpaired) electrons. The maximum absolute atomic E-state index is 6.57. The first-order chi connectivity index (χ1) is 14.6. The summed E-state index contributed by atoms with van der Waals surface area (Å²) < 4.78 is 0. The molecule has 0 spiro atoms. The lowest BCUT2D eigenvalue weighted by atomic mass is 10.0. The lowest BCUT2D eigenvalue weighted by Crippen LogP contribution is -2.06. The molecule has 6 nitrogen and oxygen atoms in total. The zero-order valence-electron chi connectivity index (χ0n) is 17.0. The van der Waals surface area contributed by atoms with Crippen molar-refractivity contribution < 1.29 is 0 Å². The predicted molar refractivity (Wildman–Crippen MR) is 121 cm³/mol. The molecule has 0 bridgehead atoms. The van der Waals surface area contributed by atoms with Gasteiger partial charge in [0, 0.05) is 42.8 Å². The zero-order valence-corrected chi connectivity index (χ0v) is 17.7. The fourth-order valence-corrected chi connectivity index (χ4v) is 3.53. The third kappa shape index (κ3) is 4.66. The highest BCUT2D eigenvalue weighted by molar-refractivity contribution is 6.33. The molecule has 0 saturated carbocycles. The van der Waals surface area contributed by atoms with Gasteiger partial charge in [0.25, 0.3) is 0 Å². The van der Waals surface area contributed by atoms with E-state index in [9.17, 15) is 0 Å². The molecule has 3 heterocycles. The van der Waals surface area contributed by atoms with Crippen LogP contribution in [0.2, 0.25) is 5.02 Å². The van der Waals surface area contributed by atoms with E-state index < -0.39 is 0 Å². The molecule has 0 saturated heterocycles. The van der Waals surface area contributed by atoms with E-state index in [2.05, 4.69) is 25.3 Å². The monoisotopic (exact) mass is 418 g/mol. The summed E-state index contributed by atoms with van der Waals surface area (Å²) in [6.45, 7) is 4.78. The van der Waals surface area contributed by atoms with Gasteiger partial charge >= 0.3 is 0 Å². The quantitative estimate of drug-likeness (QED) is 0.401. The molecule has 3 aromatic heterocycles. The van der Waals surface area contributed by atoms with E-state index in [1.807, 2.05) is 56.4 Å². The minimum absolute atomic E-state index is 0.668. The molecule has 7 heteroatoms. The largest absolute Gasteiger partial charge is 0.370 e. The van der Waals surface area contributed by atoms with Gasteiger partial charge in [0.1, 0.15) is 17.5 Å². The lowest BCUT2D eigenvalue weighted by molar-refractivity contribution is 0.800. The molecule has 4 rings (SSSR count). The van der Waals surface area contributed by atoms with Crippen LogP contribution in [0.15, 0.2) is 55.0 Å². The number of benzene rings is 1. The maximum atomic E-state index is 6.57. The molecule has 1 aromatic carbocycles. The predicted octanol–water partition coefficient (Wildman–Crippen LogP) is 5.24. The second kappa shape index (κ2) is 9.05. The minimum atomic E-state index is 0.668. The van der Waals surface area contributed by atoms with Crippen LogP contribution in [0, 0.1) is 13.8 Å². The third-order valence-corrected chi connectivity index (χ3v) is 5.04. The molecular weight excluding hydrogens is 396 g/mol. The number of nitrogens with one attached hydrogen (secondary N) is 2. The van der Waals surface area contributed by atoms with E-state index in [-0.39, 0.29) is 0 Å². The van der Waals surface area contributed by atoms with Crippen LogP contribution in [0.4, 0.5) is 5.82 Å². The number of hydrogen-bond donors (Lipinski definition) is 2. The number of imidazole rings is 1. The molecule has 152 valence electrons. The van der Waals surface area contributed by atoms with E-state index in [4.69, 9.17) is 16.6 Å². The van der Waals surface area contributed by atoms with Gasteiger partial charge in [-0.25, -0.2) is 19.9 Å². The standard InChI is InChI=1S/C23H23ClN6/c1-15-8-9-17(19(24)12-15)22-18(23-28-13-16(2)29-23)14-27-21(30-22)7-5-11-26-20-6-3-4-10-25-20/h3-4,6,8-10,12-14H,5,7,11H2,1-2H3,(H,25,26)(H,28,29). The Morgan fingerprint density at radius 1 is 1.00 bits per heavy atom. The van der Waals surface area contributed by atoms with Gasteiger partial charge < -0.3 is 10.3 Å². The highest BCUT2D eigenvalue weighted by atomic mass is 35.5. The van der Waals surface area contributed by atoms with E-state index in [0.29, 0.717) is 5.02 Å². The molecule has 0 aliphatic heterocycles. The summed E-state index contributed by atoms with van der Waals surface area (Å²) in [6, 6.07) is 11.8. The Kier molecular flexibility index (Phi) is 6.05. The van der Waals surface area contributed by atoms with Crippen LogP contribution in [-0.4, -0.2) is 31.5 Å². The van der Waals surface area contributed by atoms with Gasteiger partial charge in [0.15, 0.2) is 0 Å². The van der Waals surface area contributed by atoms with Crippen LogP contribution in [-0.2, 0) is 6.42 Å². The van der Waals surface area contributed by atoms with Gasteiger partial charge in [-0.2, -0.15) is 0 Å². The Labute approximate surface area is 180 Å². The van der Waals surface area contributed by atoms with Crippen molar-refractivity contribution in [2.75, 3.05) is 11.9 Å². The summed E-state index contributed by atoms with van der Waals surface area (Å²) in [5.74, 6) is 2.38. The Bertz CT molecular complexity index is 1140. The summed E-state index contributed by atoms with van der Waals surface area (Å²) >= 11 is 6.57. The molecule has 0 amide bonds. The smallest absolute Gasteiger partial charge is 0.141 e. The number of hydrogen-bond acceptors (Lipinski definition) is 5. The van der Waals surface area contributed by atoms with Gasteiger partial charge in [-0.15, -0.1) is 0 Å². The first-order valence-corrected chi connectivity index (χ1v) is 10.3. The number of aromatic amines is 1. The van der Waals surface area contributed by atoms with Gasteiger partial charge in [0.2, 0.25) is 0 Å². The second-order valence-corrected chi connectivity index (χ2v) is 7.60. The summed E-state index contributed by atoms with van der Waals surface area (Å²) in [4.78, 5) is 21.5. The third-order valence-electron chi connectivity index (χ3n) is 4.72. The fourth-order valence-electron chi connectivity index (χ4n) is 3.21. The van der Waals surface area contributed by atoms with Crippen molar-refractivity contribution in [1.82, 2.24) is 24.9 Å². The Morgan fingerprint density at radius 2 is 1.90 bits per heavy atom. The number of aromatic nitrogens is 5. The van der Waals surface area contributed by atoms with Crippen molar-refractivity contribution in [3.05, 3.63) is 77.1 Å². The Balaban J connectivity index is 1.58. The van der Waals surface area contributed by atoms with E-state index in [1.54, 1.807) is 12.4 Å². The molecule has 0 aliphatic rings. The van der Waals surface area contributed by atoms with E-state index >= 15 is 0 Å². The summed E-state index contributed by atoms with van der Waals surface area (Å²) in [6.07, 6.45) is 7.04.